The third kappa shape index (κ3) is 2.88. The Balaban J connectivity index is 1.61. The molecule has 1 saturated carbocycles. The molecule has 0 aromatic carbocycles. The fourth-order valence-electron chi connectivity index (χ4n) is 2.78. The van der Waals surface area contributed by atoms with Crippen molar-refractivity contribution in [1.29, 1.82) is 0 Å². The fraction of sp³-hybridized carbons (Fsp3) is 0.917. The topological polar surface area (TPSA) is 44.4 Å². The van der Waals surface area contributed by atoms with Gasteiger partial charge in [-0.05, 0) is 25.7 Å². The Hall–Kier alpha value is -0.770. The maximum absolute atomic E-state index is 11.3. The average Bonchev–Trinajstić information content (AvgIpc) is 2.90. The molecule has 0 aromatic heterocycles. The minimum absolute atomic E-state index is 0.0929. The van der Waals surface area contributed by atoms with Gasteiger partial charge in [-0.1, -0.05) is 12.8 Å². The first-order valence-electron chi connectivity index (χ1n) is 6.53. The Morgan fingerprint density at radius 3 is 2.88 bits per heavy atom. The van der Waals surface area contributed by atoms with Crippen LogP contribution in [0.25, 0.3) is 0 Å². The molecular formula is C12H23N3O. The fourth-order valence-corrected chi connectivity index (χ4v) is 2.78. The largest absolute Gasteiger partial charge is 0.336 e. The highest BCUT2D eigenvalue weighted by Crippen LogP contribution is 2.27. The molecule has 2 amide bonds. The van der Waals surface area contributed by atoms with Gasteiger partial charge in [0.1, 0.15) is 0 Å². The van der Waals surface area contributed by atoms with E-state index in [0.717, 1.165) is 32.1 Å². The monoisotopic (exact) mass is 225 g/mol. The average molecular weight is 225 g/mol. The van der Waals surface area contributed by atoms with Crippen molar-refractivity contribution >= 4 is 6.03 Å². The highest BCUT2D eigenvalue weighted by atomic mass is 16.2. The predicted octanol–water partition coefficient (Wildman–Crippen LogP) is 1.18. The Labute approximate surface area is 97.8 Å². The van der Waals surface area contributed by atoms with Gasteiger partial charge in [-0.2, -0.15) is 0 Å². The van der Waals surface area contributed by atoms with Crippen molar-refractivity contribution in [3.05, 3.63) is 0 Å². The van der Waals surface area contributed by atoms with Crippen LogP contribution in [0.15, 0.2) is 0 Å². The number of urea groups is 1. The number of rotatable bonds is 5. The van der Waals surface area contributed by atoms with Gasteiger partial charge in [0.15, 0.2) is 0 Å². The van der Waals surface area contributed by atoms with Crippen LogP contribution in [0.2, 0.25) is 0 Å². The third-order valence-electron chi connectivity index (χ3n) is 3.90. The lowest BCUT2D eigenvalue weighted by Gasteiger charge is -2.22. The molecule has 1 atom stereocenters. The molecule has 1 saturated heterocycles. The molecule has 1 heterocycles. The maximum atomic E-state index is 11.3. The molecule has 4 nitrogen and oxygen atoms in total. The number of amides is 2. The smallest absolute Gasteiger partial charge is 0.317 e. The highest BCUT2D eigenvalue weighted by molar-refractivity contribution is 5.76. The Morgan fingerprint density at radius 2 is 2.25 bits per heavy atom. The molecule has 0 aromatic rings. The Kier molecular flexibility index (Phi) is 4.04. The number of hydrogen-bond acceptors (Lipinski definition) is 2. The van der Waals surface area contributed by atoms with Crippen molar-refractivity contribution in [3.63, 3.8) is 0 Å². The van der Waals surface area contributed by atoms with E-state index in [1.54, 1.807) is 0 Å². The van der Waals surface area contributed by atoms with E-state index >= 15 is 0 Å². The molecular weight excluding hydrogens is 202 g/mol. The van der Waals surface area contributed by atoms with E-state index in [2.05, 4.69) is 17.6 Å². The lowest BCUT2D eigenvalue weighted by Crippen LogP contribution is -2.39. The molecule has 2 rings (SSSR count). The zero-order valence-electron chi connectivity index (χ0n) is 10.2. The molecule has 1 aliphatic carbocycles. The normalized spacial score (nSPS) is 23.8. The van der Waals surface area contributed by atoms with Crippen molar-refractivity contribution in [2.24, 2.45) is 5.92 Å². The summed E-state index contributed by atoms with van der Waals surface area (Å²) < 4.78 is 0. The van der Waals surface area contributed by atoms with Crippen molar-refractivity contribution in [2.45, 2.75) is 38.6 Å². The lowest BCUT2D eigenvalue weighted by atomic mass is 10.00. The standard InChI is InChI=1S/C12H23N3O/c1-10(11-4-2-3-5-11)13-6-8-15-9-7-14-12(15)16/h10-11,13H,2-9H2,1H3,(H,14,16)/t10-/m0/s1. The quantitative estimate of drug-likeness (QED) is 0.738. The van der Waals surface area contributed by atoms with E-state index in [0.29, 0.717) is 6.04 Å². The van der Waals surface area contributed by atoms with Gasteiger partial charge in [-0.25, -0.2) is 4.79 Å². The number of carbonyl (C=O) groups excluding carboxylic acids is 1. The minimum Gasteiger partial charge on any atom is -0.336 e. The Bertz CT molecular complexity index is 238. The first-order valence-corrected chi connectivity index (χ1v) is 6.53. The van der Waals surface area contributed by atoms with Crippen LogP contribution in [0.3, 0.4) is 0 Å². The molecule has 0 bridgehead atoms. The number of carbonyl (C=O) groups is 1. The minimum atomic E-state index is 0.0929. The summed E-state index contributed by atoms with van der Waals surface area (Å²) in [5, 5.41) is 6.37. The van der Waals surface area contributed by atoms with Crippen LogP contribution >= 0.6 is 0 Å². The summed E-state index contributed by atoms with van der Waals surface area (Å²) in [5.74, 6) is 0.854. The van der Waals surface area contributed by atoms with E-state index < -0.39 is 0 Å². The van der Waals surface area contributed by atoms with Gasteiger partial charge in [-0.15, -0.1) is 0 Å². The van der Waals surface area contributed by atoms with Gasteiger partial charge in [0, 0.05) is 32.2 Å². The predicted molar refractivity (Wildman–Crippen MR) is 64.4 cm³/mol. The lowest BCUT2D eigenvalue weighted by molar-refractivity contribution is 0.216. The molecule has 92 valence electrons. The van der Waals surface area contributed by atoms with Gasteiger partial charge in [0.25, 0.3) is 0 Å². The van der Waals surface area contributed by atoms with E-state index in [4.69, 9.17) is 0 Å². The van der Waals surface area contributed by atoms with Crippen molar-refractivity contribution in [2.75, 3.05) is 26.2 Å². The first-order chi connectivity index (χ1) is 7.77. The molecule has 0 unspecified atom stereocenters. The van der Waals surface area contributed by atoms with Gasteiger partial charge in [-0.3, -0.25) is 0 Å². The molecule has 2 aliphatic rings. The number of nitrogens with one attached hydrogen (secondary N) is 2. The second kappa shape index (κ2) is 5.53. The molecule has 0 spiro atoms. The van der Waals surface area contributed by atoms with Crippen molar-refractivity contribution < 1.29 is 4.79 Å². The highest BCUT2D eigenvalue weighted by Gasteiger charge is 2.22. The first kappa shape index (κ1) is 11.7. The van der Waals surface area contributed by atoms with Crippen LogP contribution in [-0.2, 0) is 0 Å². The van der Waals surface area contributed by atoms with Gasteiger partial charge >= 0.3 is 6.03 Å². The number of hydrogen-bond donors (Lipinski definition) is 2. The summed E-state index contributed by atoms with van der Waals surface area (Å²) in [4.78, 5) is 13.2. The van der Waals surface area contributed by atoms with Gasteiger partial charge in [0.05, 0.1) is 0 Å². The van der Waals surface area contributed by atoms with Crippen LogP contribution in [0.5, 0.6) is 0 Å². The molecule has 4 heteroatoms. The zero-order chi connectivity index (χ0) is 11.4. The van der Waals surface area contributed by atoms with E-state index in [9.17, 15) is 4.79 Å². The summed E-state index contributed by atoms with van der Waals surface area (Å²) in [6.07, 6.45) is 5.53. The second-order valence-electron chi connectivity index (χ2n) is 5.01. The summed E-state index contributed by atoms with van der Waals surface area (Å²) >= 11 is 0. The van der Waals surface area contributed by atoms with Crippen molar-refractivity contribution in [1.82, 2.24) is 15.5 Å². The molecule has 2 fully saturated rings. The van der Waals surface area contributed by atoms with E-state index in [1.807, 2.05) is 4.90 Å². The van der Waals surface area contributed by atoms with Crippen LogP contribution in [0, 0.1) is 5.92 Å². The van der Waals surface area contributed by atoms with Crippen LogP contribution in [0.1, 0.15) is 32.6 Å². The van der Waals surface area contributed by atoms with Crippen molar-refractivity contribution in [3.8, 4) is 0 Å². The molecule has 2 N–H and O–H groups in total. The van der Waals surface area contributed by atoms with Gasteiger partial charge < -0.3 is 15.5 Å². The summed E-state index contributed by atoms with van der Waals surface area (Å²) in [6, 6.07) is 0.698. The molecule has 16 heavy (non-hydrogen) atoms. The van der Waals surface area contributed by atoms with Gasteiger partial charge in [0.2, 0.25) is 0 Å². The summed E-state index contributed by atoms with van der Waals surface area (Å²) in [6.45, 7) is 5.70. The van der Waals surface area contributed by atoms with E-state index in [-0.39, 0.29) is 6.03 Å². The van der Waals surface area contributed by atoms with Crippen LogP contribution in [-0.4, -0.2) is 43.2 Å². The second-order valence-corrected chi connectivity index (χ2v) is 5.01. The Morgan fingerprint density at radius 1 is 1.50 bits per heavy atom. The van der Waals surface area contributed by atoms with Crippen LogP contribution in [0.4, 0.5) is 4.79 Å². The van der Waals surface area contributed by atoms with E-state index in [1.165, 1.54) is 25.7 Å². The molecule has 1 aliphatic heterocycles. The SMILES string of the molecule is C[C@H](NCCN1CCNC1=O)C1CCCC1. The maximum Gasteiger partial charge on any atom is 0.317 e. The third-order valence-corrected chi connectivity index (χ3v) is 3.90. The zero-order valence-corrected chi connectivity index (χ0v) is 10.2. The number of nitrogens with zero attached hydrogens (tertiary/aromatic N) is 1. The summed E-state index contributed by atoms with van der Waals surface area (Å²) in [7, 11) is 0. The molecule has 0 radical (unpaired) electrons. The summed E-state index contributed by atoms with van der Waals surface area (Å²) in [5.41, 5.74) is 0. The van der Waals surface area contributed by atoms with Crippen LogP contribution < -0.4 is 10.6 Å².